The molecule has 1 amide bonds. The zero-order valence-corrected chi connectivity index (χ0v) is 9.02. The maximum atomic E-state index is 11.2. The molecule has 0 bridgehead atoms. The first-order valence-corrected chi connectivity index (χ1v) is 5.35. The van der Waals surface area contributed by atoms with Gasteiger partial charge in [-0.15, -0.1) is 0 Å². The van der Waals surface area contributed by atoms with E-state index in [4.69, 9.17) is 0 Å². The summed E-state index contributed by atoms with van der Waals surface area (Å²) in [5, 5.41) is 6.04. The predicted octanol–water partition coefficient (Wildman–Crippen LogP) is 1.78. The molecule has 1 fully saturated rings. The van der Waals surface area contributed by atoms with E-state index in [9.17, 15) is 4.79 Å². The van der Waals surface area contributed by atoms with Crippen LogP contribution in [0.3, 0.4) is 0 Å². The second-order valence-corrected chi connectivity index (χ2v) is 2.90. The van der Waals surface area contributed by atoms with Crippen LogP contribution in [0.5, 0.6) is 0 Å². The van der Waals surface area contributed by atoms with Gasteiger partial charge in [0.15, 0.2) is 0 Å². The van der Waals surface area contributed by atoms with Gasteiger partial charge < -0.3 is 10.6 Å². The number of rotatable bonds is 2. The molecule has 1 rings (SSSR count). The van der Waals surface area contributed by atoms with Gasteiger partial charge in [-0.05, 0) is 25.8 Å². The molecule has 0 aromatic heterocycles. The predicted molar refractivity (Wildman–Crippen MR) is 59.9 cm³/mol. The highest BCUT2D eigenvalue weighted by Gasteiger charge is 2.18. The molecule has 13 heavy (non-hydrogen) atoms. The molecular formula is C10H26N2O. The van der Waals surface area contributed by atoms with E-state index in [-0.39, 0.29) is 14.8 Å². The summed E-state index contributed by atoms with van der Waals surface area (Å²) in [6.07, 6.45) is 3.25. The van der Waals surface area contributed by atoms with Crippen molar-refractivity contribution in [3.05, 3.63) is 0 Å². The summed E-state index contributed by atoms with van der Waals surface area (Å²) in [6.45, 7) is 7.75. The Morgan fingerprint density at radius 1 is 1.54 bits per heavy atom. The third kappa shape index (κ3) is 4.88. The average Bonchev–Trinajstić information content (AvgIpc) is 2.36. The normalized spacial score (nSPS) is 22.4. The summed E-state index contributed by atoms with van der Waals surface area (Å²) in [5.74, 6) is 0.171. The van der Waals surface area contributed by atoms with E-state index in [0.29, 0.717) is 0 Å². The lowest BCUT2D eigenvalue weighted by Crippen LogP contribution is -2.42. The first-order chi connectivity index (χ1) is 6.34. The van der Waals surface area contributed by atoms with Crippen molar-refractivity contribution < 1.29 is 7.65 Å². The molecule has 1 aliphatic rings. The Morgan fingerprint density at radius 3 is 2.85 bits per heavy atom. The maximum Gasteiger partial charge on any atom is 0.237 e. The molecule has 0 radical (unpaired) electrons. The molecule has 3 nitrogen and oxygen atoms in total. The number of likely N-dealkylation sites (N-methyl/N-ethyl adjacent to an activating group) is 1. The Balaban J connectivity index is -0.000000339. The smallest absolute Gasteiger partial charge is 0.237 e. The van der Waals surface area contributed by atoms with Gasteiger partial charge in [-0.3, -0.25) is 4.79 Å². The van der Waals surface area contributed by atoms with Crippen LogP contribution in [0.4, 0.5) is 0 Å². The van der Waals surface area contributed by atoms with Gasteiger partial charge in [0.25, 0.3) is 0 Å². The Morgan fingerprint density at radius 2 is 2.23 bits per heavy atom. The van der Waals surface area contributed by atoms with Gasteiger partial charge in [0.1, 0.15) is 0 Å². The molecule has 1 unspecified atom stereocenters. The Kier molecular flexibility index (Phi) is 7.69. The van der Waals surface area contributed by atoms with Gasteiger partial charge in [0.2, 0.25) is 5.91 Å². The lowest BCUT2D eigenvalue weighted by molar-refractivity contribution is -0.122. The van der Waals surface area contributed by atoms with Crippen LogP contribution in [0, 0.1) is 0 Å². The van der Waals surface area contributed by atoms with Crippen LogP contribution in [0.15, 0.2) is 0 Å². The molecule has 82 valence electrons. The Hall–Kier alpha value is -0.570. The van der Waals surface area contributed by atoms with Crippen LogP contribution in [-0.2, 0) is 4.79 Å². The van der Waals surface area contributed by atoms with Gasteiger partial charge in [-0.2, -0.15) is 0 Å². The van der Waals surface area contributed by atoms with E-state index in [1.807, 2.05) is 20.8 Å². The van der Waals surface area contributed by atoms with Crippen LogP contribution in [-0.4, -0.2) is 25.0 Å². The van der Waals surface area contributed by atoms with Crippen molar-refractivity contribution in [1.29, 1.82) is 0 Å². The second-order valence-electron chi connectivity index (χ2n) is 2.90. The fraction of sp³-hybridized carbons (Fsp3) is 0.900. The third-order valence-corrected chi connectivity index (χ3v) is 1.99. The number of hydrogen-bond acceptors (Lipinski definition) is 2. The van der Waals surface area contributed by atoms with Crippen molar-refractivity contribution >= 4 is 5.91 Å². The van der Waals surface area contributed by atoms with Crippen LogP contribution in [0.25, 0.3) is 0 Å². The number of amides is 1. The molecule has 0 aromatic carbocycles. The maximum absolute atomic E-state index is 11.2. The summed E-state index contributed by atoms with van der Waals surface area (Å²) >= 11 is 0. The SMILES string of the molecule is CC.CCNC1CCCCNC1=O.[HH].[HH]. The minimum Gasteiger partial charge on any atom is -0.355 e. The highest BCUT2D eigenvalue weighted by molar-refractivity contribution is 5.81. The molecule has 3 heteroatoms. The largest absolute Gasteiger partial charge is 0.355 e. The molecule has 1 aliphatic heterocycles. The standard InChI is InChI=1S/C8H16N2O.C2H6.2H2/c1-2-9-7-5-3-4-6-10-8(7)11;1-2;;/h7,9H,2-6H2,1H3,(H,10,11);1-2H3;2*1H. The molecule has 0 aliphatic carbocycles. The summed E-state index contributed by atoms with van der Waals surface area (Å²) in [6, 6.07) is 0.0579. The van der Waals surface area contributed by atoms with Gasteiger partial charge in [0.05, 0.1) is 6.04 Å². The number of nitrogens with one attached hydrogen (secondary N) is 2. The highest BCUT2D eigenvalue weighted by Crippen LogP contribution is 2.04. The van der Waals surface area contributed by atoms with Gasteiger partial charge in [0, 0.05) is 9.40 Å². The Labute approximate surface area is 84.3 Å². The van der Waals surface area contributed by atoms with E-state index < -0.39 is 0 Å². The third-order valence-electron chi connectivity index (χ3n) is 1.99. The molecule has 0 spiro atoms. The van der Waals surface area contributed by atoms with Crippen molar-refractivity contribution in [3.63, 3.8) is 0 Å². The van der Waals surface area contributed by atoms with Crippen molar-refractivity contribution in [2.75, 3.05) is 13.1 Å². The molecule has 0 aromatic rings. The van der Waals surface area contributed by atoms with Gasteiger partial charge in [-0.1, -0.05) is 20.8 Å². The molecule has 1 heterocycles. The summed E-state index contributed by atoms with van der Waals surface area (Å²) in [7, 11) is 0. The first kappa shape index (κ1) is 12.4. The summed E-state index contributed by atoms with van der Waals surface area (Å²) < 4.78 is 0. The van der Waals surface area contributed by atoms with Crippen LogP contribution in [0.1, 0.15) is 42.9 Å². The molecule has 1 atom stereocenters. The van der Waals surface area contributed by atoms with Gasteiger partial charge in [-0.25, -0.2) is 0 Å². The Bertz CT molecular complexity index is 145. The van der Waals surface area contributed by atoms with Crippen molar-refractivity contribution in [1.82, 2.24) is 10.6 Å². The fourth-order valence-electron chi connectivity index (χ4n) is 1.38. The average molecular weight is 190 g/mol. The lowest BCUT2D eigenvalue weighted by atomic mass is 10.1. The van der Waals surface area contributed by atoms with Crippen molar-refractivity contribution in [2.24, 2.45) is 0 Å². The fourth-order valence-corrected chi connectivity index (χ4v) is 1.38. The van der Waals surface area contributed by atoms with Gasteiger partial charge >= 0.3 is 0 Å². The van der Waals surface area contributed by atoms with Crippen molar-refractivity contribution in [3.8, 4) is 0 Å². The van der Waals surface area contributed by atoms with Crippen LogP contribution in [0.2, 0.25) is 0 Å². The van der Waals surface area contributed by atoms with Crippen LogP contribution >= 0.6 is 0 Å². The van der Waals surface area contributed by atoms with E-state index in [1.54, 1.807) is 0 Å². The van der Waals surface area contributed by atoms with E-state index in [0.717, 1.165) is 32.4 Å². The molecule has 0 saturated carbocycles. The zero-order chi connectivity index (χ0) is 10.1. The molecule has 1 saturated heterocycles. The second kappa shape index (κ2) is 8.05. The van der Waals surface area contributed by atoms with E-state index in [2.05, 4.69) is 10.6 Å². The highest BCUT2D eigenvalue weighted by atomic mass is 16.2. The molecule has 2 N–H and O–H groups in total. The minimum atomic E-state index is 0. The lowest BCUT2D eigenvalue weighted by Gasteiger charge is -2.12. The summed E-state index contributed by atoms with van der Waals surface area (Å²) in [5.41, 5.74) is 0. The van der Waals surface area contributed by atoms with Crippen molar-refractivity contribution in [2.45, 2.75) is 46.1 Å². The number of hydrogen-bond donors (Lipinski definition) is 2. The topological polar surface area (TPSA) is 41.1 Å². The van der Waals surface area contributed by atoms with Crippen LogP contribution < -0.4 is 10.6 Å². The molecular weight excluding hydrogens is 164 g/mol. The van der Waals surface area contributed by atoms with E-state index >= 15 is 0 Å². The first-order valence-electron chi connectivity index (χ1n) is 5.35. The number of carbonyl (C=O) groups is 1. The minimum absolute atomic E-state index is 0. The quantitative estimate of drug-likeness (QED) is 0.697. The zero-order valence-electron chi connectivity index (χ0n) is 9.02. The monoisotopic (exact) mass is 190 g/mol. The van der Waals surface area contributed by atoms with E-state index in [1.165, 1.54) is 0 Å². The number of carbonyl (C=O) groups excluding carboxylic acids is 1. The summed E-state index contributed by atoms with van der Waals surface area (Å²) in [4.78, 5) is 11.2.